The number of rotatable bonds is 4. The molecule has 0 radical (unpaired) electrons. The van der Waals surface area contributed by atoms with Crippen LogP contribution in [0.3, 0.4) is 0 Å². The lowest BCUT2D eigenvalue weighted by atomic mass is 10.3. The van der Waals surface area contributed by atoms with Gasteiger partial charge in [0.2, 0.25) is 5.78 Å². The summed E-state index contributed by atoms with van der Waals surface area (Å²) in [6, 6.07) is 8.07. The fourth-order valence-corrected chi connectivity index (χ4v) is 3.54. The molecule has 4 rings (SSSR count). The van der Waals surface area contributed by atoms with Gasteiger partial charge in [-0.2, -0.15) is 0 Å². The second kappa shape index (κ2) is 8.93. The van der Waals surface area contributed by atoms with Crippen molar-refractivity contribution in [3.05, 3.63) is 35.7 Å². The summed E-state index contributed by atoms with van der Waals surface area (Å²) in [6.07, 6.45) is 0. The molecule has 1 aliphatic rings. The number of fused-ring (bicyclic) bond motifs is 3. The van der Waals surface area contributed by atoms with E-state index in [1.54, 1.807) is 0 Å². The first-order valence-electron chi connectivity index (χ1n) is 8.55. The van der Waals surface area contributed by atoms with Crippen LogP contribution in [0.5, 0.6) is 0 Å². The van der Waals surface area contributed by atoms with Crippen LogP contribution in [0.2, 0.25) is 0 Å². The molecule has 1 fully saturated rings. The lowest BCUT2D eigenvalue weighted by Crippen LogP contribution is -2.38. The van der Waals surface area contributed by atoms with Gasteiger partial charge in [0.05, 0.1) is 37.1 Å². The van der Waals surface area contributed by atoms with Gasteiger partial charge in [-0.05, 0) is 19.1 Å². The lowest BCUT2D eigenvalue weighted by Gasteiger charge is -2.26. The molecular formula is C18H24Cl2N4O3. The highest BCUT2D eigenvalue weighted by Gasteiger charge is 2.23. The van der Waals surface area contributed by atoms with Gasteiger partial charge in [0.1, 0.15) is 0 Å². The van der Waals surface area contributed by atoms with E-state index in [-0.39, 0.29) is 30.8 Å². The first kappa shape index (κ1) is 21.5. The van der Waals surface area contributed by atoms with Crippen LogP contribution in [-0.4, -0.2) is 64.8 Å². The number of ether oxygens (including phenoxy) is 2. The summed E-state index contributed by atoms with van der Waals surface area (Å²) in [5.41, 5.74) is 3.23. The van der Waals surface area contributed by atoms with Crippen molar-refractivity contribution in [2.24, 2.45) is 0 Å². The molecule has 0 N–H and O–H groups in total. The Morgan fingerprint density at radius 1 is 1.15 bits per heavy atom. The van der Waals surface area contributed by atoms with Gasteiger partial charge >= 0.3 is 5.97 Å². The van der Waals surface area contributed by atoms with Crippen molar-refractivity contribution in [3.63, 3.8) is 0 Å². The van der Waals surface area contributed by atoms with Crippen LogP contribution >= 0.6 is 24.8 Å². The Balaban J connectivity index is 0.00000131. The quantitative estimate of drug-likeness (QED) is 0.613. The average Bonchev–Trinajstić information content (AvgIpc) is 3.13. The van der Waals surface area contributed by atoms with E-state index < -0.39 is 0 Å². The Bertz CT molecular complexity index is 932. The van der Waals surface area contributed by atoms with Crippen molar-refractivity contribution in [3.8, 4) is 0 Å². The maximum atomic E-state index is 12.3. The molecule has 3 heterocycles. The summed E-state index contributed by atoms with van der Waals surface area (Å²) in [4.78, 5) is 19.3. The third-order valence-electron chi connectivity index (χ3n) is 4.81. The van der Waals surface area contributed by atoms with Gasteiger partial charge in [0.25, 0.3) is 0 Å². The predicted octanol–water partition coefficient (Wildman–Crippen LogP) is 2.56. The van der Waals surface area contributed by atoms with E-state index in [0.717, 1.165) is 56.2 Å². The summed E-state index contributed by atoms with van der Waals surface area (Å²) in [7, 11) is 1.40. The zero-order chi connectivity index (χ0) is 17.4. The molecule has 0 amide bonds. The molecule has 0 bridgehead atoms. The van der Waals surface area contributed by atoms with Crippen LogP contribution in [0.15, 0.2) is 24.3 Å². The first-order valence-corrected chi connectivity index (χ1v) is 8.55. The molecule has 0 saturated carbocycles. The fourth-order valence-electron chi connectivity index (χ4n) is 3.54. The fraction of sp³-hybridized carbons (Fsp3) is 0.444. The minimum Gasteiger partial charge on any atom is -0.464 e. The Morgan fingerprint density at radius 2 is 1.81 bits per heavy atom. The van der Waals surface area contributed by atoms with Gasteiger partial charge < -0.3 is 14.0 Å². The van der Waals surface area contributed by atoms with E-state index in [0.29, 0.717) is 11.4 Å². The second-order valence-electron chi connectivity index (χ2n) is 6.27. The molecule has 9 heteroatoms. The number of aromatic nitrogens is 3. The van der Waals surface area contributed by atoms with Crippen LogP contribution < -0.4 is 0 Å². The van der Waals surface area contributed by atoms with E-state index in [4.69, 9.17) is 9.47 Å². The molecule has 27 heavy (non-hydrogen) atoms. The average molecular weight is 415 g/mol. The van der Waals surface area contributed by atoms with Gasteiger partial charge in [-0.25, -0.2) is 9.78 Å². The van der Waals surface area contributed by atoms with Crippen LogP contribution in [0, 0.1) is 6.92 Å². The molecule has 1 saturated heterocycles. The van der Waals surface area contributed by atoms with Gasteiger partial charge in [-0.15, -0.1) is 24.8 Å². The molecule has 148 valence electrons. The molecule has 0 unspecified atom stereocenters. The van der Waals surface area contributed by atoms with Gasteiger partial charge in [0, 0.05) is 26.2 Å². The third kappa shape index (κ3) is 3.78. The van der Waals surface area contributed by atoms with E-state index in [1.807, 2.05) is 29.5 Å². The van der Waals surface area contributed by atoms with Crippen LogP contribution in [-0.2, 0) is 16.0 Å². The Kier molecular flexibility index (Phi) is 7.11. The smallest absolute Gasteiger partial charge is 0.357 e. The highest BCUT2D eigenvalue weighted by Crippen LogP contribution is 2.24. The predicted molar refractivity (Wildman–Crippen MR) is 109 cm³/mol. The number of halogens is 2. The number of nitrogens with zero attached hydrogens (tertiary/aromatic N) is 4. The van der Waals surface area contributed by atoms with Crippen LogP contribution in [0.1, 0.15) is 16.2 Å². The minimum absolute atomic E-state index is 0. The highest BCUT2D eigenvalue weighted by atomic mass is 35.5. The summed E-state index contributed by atoms with van der Waals surface area (Å²) >= 11 is 0. The number of para-hydroxylation sites is 2. The van der Waals surface area contributed by atoms with Gasteiger partial charge in [-0.1, -0.05) is 12.1 Å². The Hall–Kier alpha value is -1.80. The van der Waals surface area contributed by atoms with Crippen molar-refractivity contribution in [1.82, 2.24) is 18.9 Å². The van der Waals surface area contributed by atoms with Gasteiger partial charge in [0.15, 0.2) is 5.69 Å². The largest absolute Gasteiger partial charge is 0.464 e. The SMILES string of the molecule is COC(=O)c1c(C)nc2n(CCN3CCOCC3)c3ccccc3n12.Cl.Cl. The van der Waals surface area contributed by atoms with Crippen molar-refractivity contribution >= 4 is 47.6 Å². The monoisotopic (exact) mass is 414 g/mol. The van der Waals surface area contributed by atoms with Crippen molar-refractivity contribution in [1.29, 1.82) is 0 Å². The number of carbonyl (C=O) groups is 1. The molecule has 1 aromatic carbocycles. The summed E-state index contributed by atoms with van der Waals surface area (Å²) in [6.45, 7) is 7.08. The van der Waals surface area contributed by atoms with E-state index in [1.165, 1.54) is 7.11 Å². The Morgan fingerprint density at radius 3 is 2.48 bits per heavy atom. The minimum atomic E-state index is -0.360. The zero-order valence-corrected chi connectivity index (χ0v) is 17.0. The molecular weight excluding hydrogens is 391 g/mol. The summed E-state index contributed by atoms with van der Waals surface area (Å²) in [5, 5.41) is 0. The first-order chi connectivity index (χ1) is 12.2. The molecule has 2 aromatic heterocycles. The maximum absolute atomic E-state index is 12.3. The number of imidazole rings is 2. The number of carbonyl (C=O) groups excluding carboxylic acids is 1. The second-order valence-corrected chi connectivity index (χ2v) is 6.27. The van der Waals surface area contributed by atoms with Crippen molar-refractivity contribution < 1.29 is 14.3 Å². The van der Waals surface area contributed by atoms with Gasteiger partial charge in [-0.3, -0.25) is 9.30 Å². The summed E-state index contributed by atoms with van der Waals surface area (Å²) < 4.78 is 14.5. The number of hydrogen-bond acceptors (Lipinski definition) is 5. The molecule has 0 atom stereocenters. The summed E-state index contributed by atoms with van der Waals surface area (Å²) in [5.74, 6) is 0.424. The number of morpholine rings is 1. The number of methoxy groups -OCH3 is 1. The third-order valence-corrected chi connectivity index (χ3v) is 4.81. The lowest BCUT2D eigenvalue weighted by molar-refractivity contribution is 0.0366. The van der Waals surface area contributed by atoms with Crippen molar-refractivity contribution in [2.45, 2.75) is 13.5 Å². The number of benzene rings is 1. The zero-order valence-electron chi connectivity index (χ0n) is 15.4. The number of hydrogen-bond donors (Lipinski definition) is 0. The van der Waals surface area contributed by atoms with E-state index >= 15 is 0 Å². The topological polar surface area (TPSA) is 61.0 Å². The van der Waals surface area contributed by atoms with Crippen LogP contribution in [0.4, 0.5) is 0 Å². The van der Waals surface area contributed by atoms with E-state index in [2.05, 4.69) is 20.5 Å². The number of aryl methyl sites for hydroxylation is 1. The van der Waals surface area contributed by atoms with E-state index in [9.17, 15) is 4.79 Å². The normalized spacial score (nSPS) is 14.7. The van der Waals surface area contributed by atoms with Crippen molar-refractivity contribution in [2.75, 3.05) is 40.0 Å². The van der Waals surface area contributed by atoms with Crippen LogP contribution in [0.25, 0.3) is 16.8 Å². The maximum Gasteiger partial charge on any atom is 0.357 e. The molecule has 7 nitrogen and oxygen atoms in total. The standard InChI is InChI=1S/C18H22N4O3.2ClH/c1-13-16(17(23)24-2)22-15-6-4-3-5-14(15)21(18(22)19-13)8-7-20-9-11-25-12-10-20;;/h3-6H,7-12H2,1-2H3;2*1H. The number of esters is 1. The molecule has 0 aliphatic carbocycles. The molecule has 3 aromatic rings. The molecule has 1 aliphatic heterocycles. The molecule has 0 spiro atoms. The highest BCUT2D eigenvalue weighted by molar-refractivity contribution is 5.93. The Labute approximate surface area is 170 Å².